The fourth-order valence-electron chi connectivity index (χ4n) is 3.01. The third-order valence-corrected chi connectivity index (χ3v) is 5.67. The van der Waals surface area contributed by atoms with Gasteiger partial charge in [-0.05, 0) is 29.8 Å². The first kappa shape index (κ1) is 21.4. The van der Waals surface area contributed by atoms with Crippen LogP contribution in [0, 0.1) is 11.3 Å². The highest BCUT2D eigenvalue weighted by Gasteiger charge is 2.38. The number of hydrogen-bond donors (Lipinski definition) is 2. The van der Waals surface area contributed by atoms with Crippen molar-refractivity contribution < 1.29 is 24.2 Å². The zero-order valence-corrected chi connectivity index (χ0v) is 17.2. The molecule has 2 aromatic rings. The van der Waals surface area contributed by atoms with Gasteiger partial charge in [0.2, 0.25) is 5.91 Å². The minimum atomic E-state index is -1.23. The van der Waals surface area contributed by atoms with Crippen LogP contribution in [0.5, 0.6) is 5.06 Å². The van der Waals surface area contributed by atoms with E-state index in [0.717, 1.165) is 11.3 Å². The number of thiophene rings is 1. The molecule has 3 N–H and O–H groups in total. The maximum Gasteiger partial charge on any atom is 0.328 e. The molecule has 1 aliphatic heterocycles. The van der Waals surface area contributed by atoms with Gasteiger partial charge >= 0.3 is 5.97 Å². The molecule has 1 unspecified atom stereocenters. The average Bonchev–Trinajstić information content (AvgIpc) is 3.12. The second-order valence-electron chi connectivity index (χ2n) is 6.53. The van der Waals surface area contributed by atoms with Gasteiger partial charge in [-0.25, -0.2) is 4.79 Å². The van der Waals surface area contributed by atoms with E-state index >= 15 is 0 Å². The quantitative estimate of drug-likeness (QED) is 0.639. The van der Waals surface area contributed by atoms with Crippen LogP contribution in [0.4, 0.5) is 5.69 Å². The van der Waals surface area contributed by atoms with Crippen molar-refractivity contribution in [1.82, 2.24) is 9.80 Å². The normalized spacial score (nSPS) is 16.3. The lowest BCUT2D eigenvalue weighted by atomic mass is 10.1. The predicted molar refractivity (Wildman–Crippen MR) is 109 cm³/mol. The summed E-state index contributed by atoms with van der Waals surface area (Å²) in [5.74, 6) is -2.24. The van der Waals surface area contributed by atoms with Gasteiger partial charge in [0.15, 0.2) is 11.7 Å². The molecule has 2 heterocycles. The largest absolute Gasteiger partial charge is 0.480 e. The second kappa shape index (κ2) is 9.02. The molecule has 2 amide bonds. The predicted octanol–water partition coefficient (Wildman–Crippen LogP) is 1.56. The summed E-state index contributed by atoms with van der Waals surface area (Å²) < 4.78 is 5.87. The first-order valence-electron chi connectivity index (χ1n) is 8.75. The maximum atomic E-state index is 12.6. The summed E-state index contributed by atoms with van der Waals surface area (Å²) in [6, 6.07) is 8.62. The van der Waals surface area contributed by atoms with Gasteiger partial charge in [-0.15, -0.1) is 0 Å². The summed E-state index contributed by atoms with van der Waals surface area (Å²) in [5, 5.41) is 19.0. The fourth-order valence-corrected chi connectivity index (χ4v) is 3.88. The first-order chi connectivity index (χ1) is 14.3. The number of carbonyl (C=O) groups excluding carboxylic acids is 2. The van der Waals surface area contributed by atoms with E-state index in [4.69, 9.17) is 27.3 Å². The highest BCUT2D eigenvalue weighted by Crippen LogP contribution is 2.28. The minimum Gasteiger partial charge on any atom is -0.480 e. The molecule has 0 radical (unpaired) electrons. The number of carboxylic acids is 1. The number of nitrogen functional groups attached to an aromatic ring is 1. The number of rotatable bonds is 6. The highest BCUT2D eigenvalue weighted by molar-refractivity contribution is 7.17. The summed E-state index contributed by atoms with van der Waals surface area (Å²) in [6.07, 6.45) is 0. The average molecular weight is 449 g/mol. The number of hydrogen-bond acceptors (Lipinski definition) is 7. The maximum absolute atomic E-state index is 12.6. The number of nitrogens with zero attached hydrogens (tertiary/aromatic N) is 3. The minimum absolute atomic E-state index is 0.00205. The molecule has 3 rings (SSSR count). The highest BCUT2D eigenvalue weighted by atomic mass is 35.5. The molecule has 1 aromatic heterocycles. The summed E-state index contributed by atoms with van der Waals surface area (Å²) in [7, 11) is 0. The Bertz CT molecular complexity index is 1030. The zero-order valence-electron chi connectivity index (χ0n) is 15.6. The monoisotopic (exact) mass is 448 g/mol. The SMILES string of the molecule is N#Cc1ccc(CN2C(=O)CN(C(=O)COc3ccc(Cl)s3)CC2C(=O)O)cc1N. The van der Waals surface area contributed by atoms with Gasteiger partial charge in [-0.3, -0.25) is 9.59 Å². The third kappa shape index (κ3) is 4.82. The molecule has 1 fully saturated rings. The lowest BCUT2D eigenvalue weighted by molar-refractivity contribution is -0.160. The summed E-state index contributed by atoms with van der Waals surface area (Å²) in [4.78, 5) is 39.2. The molecule has 1 aromatic carbocycles. The van der Waals surface area contributed by atoms with E-state index < -0.39 is 23.8 Å². The van der Waals surface area contributed by atoms with Crippen LogP contribution >= 0.6 is 22.9 Å². The molecule has 0 spiro atoms. The van der Waals surface area contributed by atoms with Gasteiger partial charge in [0.25, 0.3) is 5.91 Å². The Hall–Kier alpha value is -3.29. The van der Waals surface area contributed by atoms with Crippen LogP contribution in [0.25, 0.3) is 0 Å². The molecule has 11 heteroatoms. The Morgan fingerprint density at radius 1 is 1.37 bits per heavy atom. The van der Waals surface area contributed by atoms with E-state index in [-0.39, 0.29) is 31.9 Å². The van der Waals surface area contributed by atoms with Crippen LogP contribution in [-0.4, -0.2) is 58.4 Å². The van der Waals surface area contributed by atoms with Crippen molar-refractivity contribution in [3.05, 3.63) is 45.8 Å². The molecule has 0 aliphatic carbocycles. The molecule has 30 heavy (non-hydrogen) atoms. The van der Waals surface area contributed by atoms with E-state index in [9.17, 15) is 19.5 Å². The van der Waals surface area contributed by atoms with Gasteiger partial charge in [-0.1, -0.05) is 29.0 Å². The number of anilines is 1. The zero-order chi connectivity index (χ0) is 21.8. The van der Waals surface area contributed by atoms with E-state index in [1.54, 1.807) is 18.2 Å². The number of nitriles is 1. The van der Waals surface area contributed by atoms with Crippen LogP contribution in [-0.2, 0) is 20.9 Å². The number of carboxylic acid groups (broad SMARTS) is 1. The molecule has 1 atom stereocenters. The summed E-state index contributed by atoms with van der Waals surface area (Å²) in [6.45, 7) is -0.760. The van der Waals surface area contributed by atoms with Gasteiger partial charge in [0.1, 0.15) is 12.1 Å². The van der Waals surface area contributed by atoms with Crippen molar-refractivity contribution in [3.63, 3.8) is 0 Å². The molecule has 1 saturated heterocycles. The standard InChI is InChI=1S/C19H17ClN4O5S/c20-15-3-4-18(30-15)29-10-17(26)23-8-14(19(27)28)24(16(25)9-23)7-11-1-2-12(6-21)13(22)5-11/h1-5,14H,7-10,22H2,(H,27,28). The number of aliphatic carboxylic acids is 1. The van der Waals surface area contributed by atoms with Crippen LogP contribution < -0.4 is 10.5 Å². The fraction of sp³-hybridized carbons (Fsp3) is 0.263. The molecule has 9 nitrogen and oxygen atoms in total. The van der Waals surface area contributed by atoms with Crippen molar-refractivity contribution in [2.24, 2.45) is 0 Å². The number of ether oxygens (including phenoxy) is 1. The number of carbonyl (C=O) groups is 3. The number of halogens is 1. The Morgan fingerprint density at radius 2 is 2.13 bits per heavy atom. The lowest BCUT2D eigenvalue weighted by Crippen LogP contribution is -2.60. The van der Waals surface area contributed by atoms with E-state index in [2.05, 4.69) is 0 Å². The van der Waals surface area contributed by atoms with Gasteiger partial charge in [0.05, 0.1) is 23.0 Å². The Kier molecular flexibility index (Phi) is 6.44. The number of nitrogens with two attached hydrogens (primary N) is 1. The first-order valence-corrected chi connectivity index (χ1v) is 9.94. The molecule has 156 valence electrons. The van der Waals surface area contributed by atoms with E-state index in [1.807, 2.05) is 6.07 Å². The summed E-state index contributed by atoms with van der Waals surface area (Å²) in [5.41, 5.74) is 6.92. The molecular weight excluding hydrogens is 432 g/mol. The van der Waals surface area contributed by atoms with Crippen LogP contribution in [0.3, 0.4) is 0 Å². The van der Waals surface area contributed by atoms with Crippen LogP contribution in [0.1, 0.15) is 11.1 Å². The Labute approximate surface area is 180 Å². The van der Waals surface area contributed by atoms with Gasteiger partial charge < -0.3 is 25.4 Å². The second-order valence-corrected chi connectivity index (χ2v) is 8.21. The van der Waals surface area contributed by atoms with Crippen LogP contribution in [0.2, 0.25) is 4.34 Å². The topological polar surface area (TPSA) is 137 Å². The Morgan fingerprint density at radius 3 is 2.73 bits per heavy atom. The van der Waals surface area contributed by atoms with Crippen molar-refractivity contribution in [1.29, 1.82) is 5.26 Å². The number of amides is 2. The smallest absolute Gasteiger partial charge is 0.328 e. The molecule has 0 saturated carbocycles. The molecule has 0 bridgehead atoms. The number of piperazine rings is 1. The van der Waals surface area contributed by atoms with Crippen LogP contribution in [0.15, 0.2) is 30.3 Å². The summed E-state index contributed by atoms with van der Waals surface area (Å²) >= 11 is 6.97. The van der Waals surface area contributed by atoms with Gasteiger partial charge in [-0.2, -0.15) is 5.26 Å². The lowest BCUT2D eigenvalue weighted by Gasteiger charge is -2.39. The van der Waals surface area contributed by atoms with Crippen molar-refractivity contribution in [3.8, 4) is 11.1 Å². The van der Waals surface area contributed by atoms with Gasteiger partial charge in [0, 0.05) is 12.2 Å². The van der Waals surface area contributed by atoms with Crippen molar-refractivity contribution >= 4 is 46.4 Å². The third-order valence-electron chi connectivity index (χ3n) is 4.53. The number of benzene rings is 1. The van der Waals surface area contributed by atoms with E-state index in [1.165, 1.54) is 21.9 Å². The Balaban J connectivity index is 1.68. The molecule has 1 aliphatic rings. The molecular formula is C19H17ClN4O5S. The van der Waals surface area contributed by atoms with Crippen molar-refractivity contribution in [2.45, 2.75) is 12.6 Å². The van der Waals surface area contributed by atoms with Crippen molar-refractivity contribution in [2.75, 3.05) is 25.4 Å². The van der Waals surface area contributed by atoms with E-state index in [0.29, 0.717) is 20.5 Å².